The Balaban J connectivity index is 2.74. The molecular weight excluding hydrogens is 254 g/mol. The van der Waals surface area contributed by atoms with Gasteiger partial charge >= 0.3 is 0 Å². The first kappa shape index (κ1) is 14.4. The van der Waals surface area contributed by atoms with Crippen LogP contribution in [0, 0.1) is 27.4 Å². The Kier molecular flexibility index (Phi) is 5.08. The third-order valence-electron chi connectivity index (χ3n) is 2.49. The predicted molar refractivity (Wildman–Crippen MR) is 69.2 cm³/mol. The minimum atomic E-state index is -0.475. The van der Waals surface area contributed by atoms with Gasteiger partial charge in [0.05, 0.1) is 21.9 Å². The summed E-state index contributed by atoms with van der Waals surface area (Å²) in [5.74, 6) is -0.0631. The number of benzene rings is 1. The third kappa shape index (κ3) is 3.99. The van der Waals surface area contributed by atoms with Gasteiger partial charge in [-0.05, 0) is 25.6 Å². The van der Waals surface area contributed by atoms with Crippen molar-refractivity contribution >= 4 is 17.3 Å². The van der Waals surface area contributed by atoms with E-state index in [9.17, 15) is 10.1 Å². The van der Waals surface area contributed by atoms with Gasteiger partial charge in [-0.15, -0.1) is 0 Å². The fourth-order valence-electron chi connectivity index (χ4n) is 1.64. The van der Waals surface area contributed by atoms with Gasteiger partial charge in [-0.3, -0.25) is 10.1 Å². The summed E-state index contributed by atoms with van der Waals surface area (Å²) < 4.78 is 0. The van der Waals surface area contributed by atoms with Crippen LogP contribution in [0.15, 0.2) is 18.2 Å². The molecule has 1 aromatic carbocycles. The van der Waals surface area contributed by atoms with E-state index in [1.807, 2.05) is 18.9 Å². The van der Waals surface area contributed by atoms with Gasteiger partial charge < -0.3 is 4.90 Å². The Bertz CT molecular complexity index is 485. The fourth-order valence-corrected chi connectivity index (χ4v) is 1.88. The van der Waals surface area contributed by atoms with Gasteiger partial charge in [0.15, 0.2) is 0 Å². The first-order valence-corrected chi connectivity index (χ1v) is 5.82. The quantitative estimate of drug-likeness (QED) is 0.607. The summed E-state index contributed by atoms with van der Waals surface area (Å²) >= 11 is 5.99. The molecule has 0 radical (unpaired) electrons. The highest BCUT2D eigenvalue weighted by atomic mass is 35.5. The lowest BCUT2D eigenvalue weighted by Gasteiger charge is -2.18. The zero-order valence-corrected chi connectivity index (χ0v) is 11.0. The molecule has 0 saturated carbocycles. The van der Waals surface area contributed by atoms with Gasteiger partial charge in [-0.25, -0.2) is 0 Å². The average molecular weight is 268 g/mol. The number of hydrogen-bond donors (Lipinski definition) is 0. The van der Waals surface area contributed by atoms with Crippen molar-refractivity contribution in [3.05, 3.63) is 38.9 Å². The number of nitriles is 1. The Morgan fingerprint density at radius 2 is 2.28 bits per heavy atom. The molecular formula is C12H14ClN3O2. The van der Waals surface area contributed by atoms with Crippen LogP contribution in [0.5, 0.6) is 0 Å². The molecule has 0 spiro atoms. The molecule has 0 aliphatic heterocycles. The molecule has 0 bridgehead atoms. The van der Waals surface area contributed by atoms with Crippen LogP contribution in [0.1, 0.15) is 12.5 Å². The topological polar surface area (TPSA) is 70.2 Å². The van der Waals surface area contributed by atoms with Crippen molar-refractivity contribution in [2.75, 3.05) is 13.6 Å². The molecule has 18 heavy (non-hydrogen) atoms. The number of nitro benzene ring substituents is 1. The lowest BCUT2D eigenvalue weighted by molar-refractivity contribution is -0.384. The molecule has 6 heteroatoms. The third-order valence-corrected chi connectivity index (χ3v) is 2.85. The molecule has 0 saturated heterocycles. The van der Waals surface area contributed by atoms with Gasteiger partial charge in [0, 0.05) is 25.2 Å². The van der Waals surface area contributed by atoms with Gasteiger partial charge in [-0.1, -0.05) is 11.6 Å². The second kappa shape index (κ2) is 6.34. The van der Waals surface area contributed by atoms with E-state index in [4.69, 9.17) is 16.9 Å². The SMILES string of the molecule is CC(C#N)CN(C)Cc1ccc([N+](=O)[O-])cc1Cl. The molecule has 0 N–H and O–H groups in total. The van der Waals surface area contributed by atoms with Crippen LogP contribution in [0.25, 0.3) is 0 Å². The van der Waals surface area contributed by atoms with Crippen LogP contribution in [-0.4, -0.2) is 23.4 Å². The van der Waals surface area contributed by atoms with Crippen molar-refractivity contribution in [3.63, 3.8) is 0 Å². The van der Waals surface area contributed by atoms with Crippen LogP contribution >= 0.6 is 11.6 Å². The second-order valence-electron chi connectivity index (χ2n) is 4.26. The van der Waals surface area contributed by atoms with Crippen LogP contribution in [0.4, 0.5) is 5.69 Å². The number of nitro groups is 1. The highest BCUT2D eigenvalue weighted by Crippen LogP contribution is 2.23. The number of nitrogens with zero attached hydrogens (tertiary/aromatic N) is 3. The first-order chi connectivity index (χ1) is 8.43. The molecule has 0 heterocycles. The molecule has 96 valence electrons. The van der Waals surface area contributed by atoms with E-state index in [1.165, 1.54) is 12.1 Å². The molecule has 0 fully saturated rings. The van der Waals surface area contributed by atoms with E-state index in [1.54, 1.807) is 6.07 Å². The number of halogens is 1. The summed E-state index contributed by atoms with van der Waals surface area (Å²) in [5.41, 5.74) is 0.798. The van der Waals surface area contributed by atoms with Crippen molar-refractivity contribution in [1.29, 1.82) is 5.26 Å². The van der Waals surface area contributed by atoms with Gasteiger partial charge in [0.2, 0.25) is 0 Å². The minimum absolute atomic E-state index is 0.0169. The van der Waals surface area contributed by atoms with Crippen molar-refractivity contribution < 1.29 is 4.92 Å². The Morgan fingerprint density at radius 3 is 2.78 bits per heavy atom. The van der Waals surface area contributed by atoms with E-state index in [-0.39, 0.29) is 11.6 Å². The molecule has 0 amide bonds. The number of non-ortho nitro benzene ring substituents is 1. The largest absolute Gasteiger partial charge is 0.301 e. The monoisotopic (exact) mass is 267 g/mol. The molecule has 1 unspecified atom stereocenters. The van der Waals surface area contributed by atoms with Gasteiger partial charge in [0.25, 0.3) is 5.69 Å². The number of hydrogen-bond acceptors (Lipinski definition) is 4. The highest BCUT2D eigenvalue weighted by molar-refractivity contribution is 6.31. The molecule has 1 atom stereocenters. The molecule has 5 nitrogen and oxygen atoms in total. The number of rotatable bonds is 5. The summed E-state index contributed by atoms with van der Waals surface area (Å²) in [6, 6.07) is 6.58. The van der Waals surface area contributed by atoms with E-state index < -0.39 is 4.92 Å². The summed E-state index contributed by atoms with van der Waals surface area (Å²) in [7, 11) is 1.88. The van der Waals surface area contributed by atoms with E-state index in [0.29, 0.717) is 18.1 Å². The van der Waals surface area contributed by atoms with Crippen LogP contribution in [0.3, 0.4) is 0 Å². The average Bonchev–Trinajstić information content (AvgIpc) is 2.31. The van der Waals surface area contributed by atoms with E-state index >= 15 is 0 Å². The Morgan fingerprint density at radius 1 is 1.61 bits per heavy atom. The van der Waals surface area contributed by atoms with E-state index in [0.717, 1.165) is 5.56 Å². The maximum atomic E-state index is 10.6. The van der Waals surface area contributed by atoms with Gasteiger partial charge in [-0.2, -0.15) is 5.26 Å². The van der Waals surface area contributed by atoms with E-state index in [2.05, 4.69) is 6.07 Å². The molecule has 0 aliphatic carbocycles. The predicted octanol–water partition coefficient (Wildman–Crippen LogP) is 2.84. The Hall–Kier alpha value is -1.64. The van der Waals surface area contributed by atoms with Crippen LogP contribution < -0.4 is 0 Å². The summed E-state index contributed by atoms with van der Waals surface area (Å²) in [6.45, 7) is 3.03. The highest BCUT2D eigenvalue weighted by Gasteiger charge is 2.12. The summed E-state index contributed by atoms with van der Waals surface area (Å²) in [4.78, 5) is 12.1. The lowest BCUT2D eigenvalue weighted by Crippen LogP contribution is -2.23. The molecule has 0 aliphatic rings. The smallest absolute Gasteiger partial charge is 0.270 e. The maximum Gasteiger partial charge on any atom is 0.270 e. The minimum Gasteiger partial charge on any atom is -0.301 e. The summed E-state index contributed by atoms with van der Waals surface area (Å²) in [6.07, 6.45) is 0. The second-order valence-corrected chi connectivity index (χ2v) is 4.67. The molecule has 0 aromatic heterocycles. The van der Waals surface area contributed by atoms with Crippen molar-refractivity contribution in [3.8, 4) is 6.07 Å². The maximum absolute atomic E-state index is 10.6. The first-order valence-electron chi connectivity index (χ1n) is 5.45. The molecule has 1 rings (SSSR count). The molecule has 1 aromatic rings. The standard InChI is InChI=1S/C12H14ClN3O2/c1-9(6-14)7-15(2)8-10-3-4-11(16(17)18)5-12(10)13/h3-5,9H,7-8H2,1-2H3. The summed E-state index contributed by atoms with van der Waals surface area (Å²) in [5, 5.41) is 19.7. The van der Waals surface area contributed by atoms with Crippen molar-refractivity contribution in [1.82, 2.24) is 4.90 Å². The fraction of sp³-hybridized carbons (Fsp3) is 0.417. The van der Waals surface area contributed by atoms with Crippen LogP contribution in [-0.2, 0) is 6.54 Å². The van der Waals surface area contributed by atoms with Crippen molar-refractivity contribution in [2.45, 2.75) is 13.5 Å². The van der Waals surface area contributed by atoms with Crippen LogP contribution in [0.2, 0.25) is 5.02 Å². The zero-order chi connectivity index (χ0) is 13.7. The Labute approximate surface area is 111 Å². The van der Waals surface area contributed by atoms with Gasteiger partial charge in [0.1, 0.15) is 0 Å². The normalized spacial score (nSPS) is 12.2. The lowest BCUT2D eigenvalue weighted by atomic mass is 10.1. The zero-order valence-electron chi connectivity index (χ0n) is 10.3. The van der Waals surface area contributed by atoms with Crippen molar-refractivity contribution in [2.24, 2.45) is 5.92 Å².